The van der Waals surface area contributed by atoms with Gasteiger partial charge in [0.2, 0.25) is 0 Å². The molecule has 1 aliphatic rings. The molecule has 0 unspecified atom stereocenters. The summed E-state index contributed by atoms with van der Waals surface area (Å²) in [6, 6.07) is 6.62. The predicted octanol–water partition coefficient (Wildman–Crippen LogP) is 2.37. The third-order valence-electron chi connectivity index (χ3n) is 2.47. The highest BCUT2D eigenvalue weighted by Crippen LogP contribution is 2.32. The van der Waals surface area contributed by atoms with Gasteiger partial charge in [0.05, 0.1) is 0 Å². The monoisotopic (exact) mass is 216 g/mol. The molecule has 0 amide bonds. The van der Waals surface area contributed by atoms with Gasteiger partial charge in [-0.05, 0) is 37.1 Å². The molecule has 0 N–H and O–H groups in total. The van der Waals surface area contributed by atoms with Crippen molar-refractivity contribution in [1.29, 1.82) is 0 Å². The fraction of sp³-hybridized carbons (Fsp3) is 0.231. The summed E-state index contributed by atoms with van der Waals surface area (Å²) in [6.45, 7) is 3.31. The van der Waals surface area contributed by atoms with E-state index in [-0.39, 0.29) is 11.7 Å². The number of rotatable bonds is 4. The Bertz CT molecular complexity index is 427. The van der Waals surface area contributed by atoms with Crippen LogP contribution in [0.3, 0.4) is 0 Å². The average molecular weight is 216 g/mol. The highest BCUT2D eigenvalue weighted by Gasteiger charge is 2.30. The van der Waals surface area contributed by atoms with Crippen molar-refractivity contribution in [1.82, 2.24) is 0 Å². The van der Waals surface area contributed by atoms with Crippen LogP contribution in [0.2, 0.25) is 0 Å². The summed E-state index contributed by atoms with van der Waals surface area (Å²) in [4.78, 5) is 22.6. The van der Waals surface area contributed by atoms with Crippen LogP contribution in [0.5, 0.6) is 5.75 Å². The molecule has 0 atom stereocenters. The molecular weight excluding hydrogens is 204 g/mol. The second-order valence-electron chi connectivity index (χ2n) is 3.79. The smallest absolute Gasteiger partial charge is 0.335 e. The molecule has 2 rings (SSSR count). The summed E-state index contributed by atoms with van der Waals surface area (Å²) in [5.74, 6) is 0.321. The first kappa shape index (κ1) is 10.6. The van der Waals surface area contributed by atoms with Crippen molar-refractivity contribution < 1.29 is 14.3 Å². The van der Waals surface area contributed by atoms with Crippen molar-refractivity contribution >= 4 is 11.8 Å². The van der Waals surface area contributed by atoms with Crippen molar-refractivity contribution in [2.24, 2.45) is 5.92 Å². The van der Waals surface area contributed by atoms with E-state index in [1.54, 1.807) is 24.3 Å². The Balaban J connectivity index is 2.06. The lowest BCUT2D eigenvalue weighted by molar-refractivity contribution is -0.128. The molecule has 3 nitrogen and oxygen atoms in total. The van der Waals surface area contributed by atoms with Gasteiger partial charge in [0.15, 0.2) is 5.78 Å². The molecule has 0 bridgehead atoms. The van der Waals surface area contributed by atoms with Crippen LogP contribution < -0.4 is 4.74 Å². The number of esters is 1. The van der Waals surface area contributed by atoms with Crippen LogP contribution in [0.1, 0.15) is 23.2 Å². The van der Waals surface area contributed by atoms with Gasteiger partial charge in [-0.15, -0.1) is 0 Å². The van der Waals surface area contributed by atoms with Crippen LogP contribution in [-0.2, 0) is 4.79 Å². The number of ether oxygens (including phenoxy) is 1. The molecule has 0 radical (unpaired) electrons. The molecule has 0 aliphatic heterocycles. The predicted molar refractivity (Wildman–Crippen MR) is 59.3 cm³/mol. The van der Waals surface area contributed by atoms with Crippen LogP contribution >= 0.6 is 0 Å². The van der Waals surface area contributed by atoms with E-state index >= 15 is 0 Å². The number of ketones is 1. The summed E-state index contributed by atoms with van der Waals surface area (Å²) in [5, 5.41) is 0. The molecule has 82 valence electrons. The van der Waals surface area contributed by atoms with Crippen molar-refractivity contribution in [2.75, 3.05) is 0 Å². The molecule has 0 heterocycles. The average Bonchev–Trinajstić information content (AvgIpc) is 3.13. The highest BCUT2D eigenvalue weighted by atomic mass is 16.5. The maximum absolute atomic E-state index is 11.7. The molecule has 3 heteroatoms. The first-order valence-electron chi connectivity index (χ1n) is 5.19. The lowest BCUT2D eigenvalue weighted by Gasteiger charge is -2.02. The summed E-state index contributed by atoms with van der Waals surface area (Å²) in [5.41, 5.74) is 0.681. The van der Waals surface area contributed by atoms with Crippen molar-refractivity contribution in [3.8, 4) is 5.75 Å². The van der Waals surface area contributed by atoms with Gasteiger partial charge in [-0.2, -0.15) is 0 Å². The standard InChI is InChI=1S/C13H12O3/c1-2-12(14)16-11-7-5-10(6-8-11)13(15)9-3-4-9/h2,5-9H,1,3-4H2. The zero-order valence-electron chi connectivity index (χ0n) is 8.81. The van der Waals surface area contributed by atoms with Gasteiger partial charge in [0, 0.05) is 17.6 Å². The first-order valence-corrected chi connectivity index (χ1v) is 5.19. The Morgan fingerprint density at radius 3 is 2.38 bits per heavy atom. The van der Waals surface area contributed by atoms with E-state index in [1.807, 2.05) is 0 Å². The first-order chi connectivity index (χ1) is 7.70. The molecule has 1 saturated carbocycles. The Labute approximate surface area is 93.7 Å². The van der Waals surface area contributed by atoms with E-state index in [2.05, 4.69) is 6.58 Å². The van der Waals surface area contributed by atoms with Crippen molar-refractivity contribution in [3.63, 3.8) is 0 Å². The quantitative estimate of drug-likeness (QED) is 0.336. The molecule has 0 aromatic heterocycles. The molecule has 0 saturated heterocycles. The van der Waals surface area contributed by atoms with Crippen LogP contribution in [0.4, 0.5) is 0 Å². The molecule has 1 fully saturated rings. The minimum Gasteiger partial charge on any atom is -0.423 e. The fourth-order valence-electron chi connectivity index (χ4n) is 1.43. The molecule has 1 aromatic carbocycles. The molecule has 1 aromatic rings. The van der Waals surface area contributed by atoms with E-state index in [4.69, 9.17) is 4.74 Å². The van der Waals surface area contributed by atoms with Crippen LogP contribution in [0.25, 0.3) is 0 Å². The maximum Gasteiger partial charge on any atom is 0.335 e. The van der Waals surface area contributed by atoms with Gasteiger partial charge in [-0.3, -0.25) is 4.79 Å². The topological polar surface area (TPSA) is 43.4 Å². The lowest BCUT2D eigenvalue weighted by Crippen LogP contribution is -2.04. The van der Waals surface area contributed by atoms with E-state index in [0.29, 0.717) is 11.3 Å². The highest BCUT2D eigenvalue weighted by molar-refractivity contribution is 5.99. The number of benzene rings is 1. The van der Waals surface area contributed by atoms with E-state index in [9.17, 15) is 9.59 Å². The van der Waals surface area contributed by atoms with Crippen LogP contribution in [0.15, 0.2) is 36.9 Å². The molecule has 0 spiro atoms. The number of hydrogen-bond donors (Lipinski definition) is 0. The van der Waals surface area contributed by atoms with Crippen molar-refractivity contribution in [3.05, 3.63) is 42.5 Å². The summed E-state index contributed by atoms with van der Waals surface area (Å²) < 4.78 is 4.91. The minimum absolute atomic E-state index is 0.182. The third-order valence-corrected chi connectivity index (χ3v) is 2.47. The number of hydrogen-bond acceptors (Lipinski definition) is 3. The van der Waals surface area contributed by atoms with Crippen molar-refractivity contribution in [2.45, 2.75) is 12.8 Å². The Morgan fingerprint density at radius 2 is 1.88 bits per heavy atom. The fourth-order valence-corrected chi connectivity index (χ4v) is 1.43. The number of Topliss-reactive ketones (excluding diaryl/α,β-unsaturated/α-hetero) is 1. The van der Waals surface area contributed by atoms with Gasteiger partial charge in [0.1, 0.15) is 5.75 Å². The van der Waals surface area contributed by atoms with E-state index in [0.717, 1.165) is 18.9 Å². The Hall–Kier alpha value is -1.90. The Morgan fingerprint density at radius 1 is 1.25 bits per heavy atom. The zero-order chi connectivity index (χ0) is 11.5. The SMILES string of the molecule is C=CC(=O)Oc1ccc(C(=O)C2CC2)cc1. The molecule has 1 aliphatic carbocycles. The largest absolute Gasteiger partial charge is 0.423 e. The van der Waals surface area contributed by atoms with Crippen LogP contribution in [0, 0.1) is 5.92 Å². The third kappa shape index (κ3) is 2.37. The lowest BCUT2D eigenvalue weighted by atomic mass is 10.1. The van der Waals surface area contributed by atoms with Gasteiger partial charge in [-0.1, -0.05) is 6.58 Å². The molecular formula is C13H12O3. The normalized spacial score (nSPS) is 14.2. The zero-order valence-corrected chi connectivity index (χ0v) is 8.81. The summed E-state index contributed by atoms with van der Waals surface area (Å²) >= 11 is 0. The number of carbonyl (C=O) groups excluding carboxylic acids is 2. The van der Waals surface area contributed by atoms with E-state index in [1.165, 1.54) is 0 Å². The van der Waals surface area contributed by atoms with Gasteiger partial charge in [-0.25, -0.2) is 4.79 Å². The van der Waals surface area contributed by atoms with Gasteiger partial charge < -0.3 is 4.74 Å². The van der Waals surface area contributed by atoms with Gasteiger partial charge >= 0.3 is 5.97 Å². The summed E-state index contributed by atoms with van der Waals surface area (Å²) in [6.07, 6.45) is 3.08. The molecule has 16 heavy (non-hydrogen) atoms. The second-order valence-corrected chi connectivity index (χ2v) is 3.79. The minimum atomic E-state index is -0.499. The Kier molecular flexibility index (Phi) is 2.86. The second kappa shape index (κ2) is 4.31. The number of carbonyl (C=O) groups is 2. The van der Waals surface area contributed by atoms with Crippen LogP contribution in [-0.4, -0.2) is 11.8 Å². The van der Waals surface area contributed by atoms with Gasteiger partial charge in [0.25, 0.3) is 0 Å². The maximum atomic E-state index is 11.7. The summed E-state index contributed by atoms with van der Waals surface area (Å²) in [7, 11) is 0. The van der Waals surface area contributed by atoms with E-state index < -0.39 is 5.97 Å².